The highest BCUT2D eigenvalue weighted by Gasteiger charge is 2.17. The lowest BCUT2D eigenvalue weighted by molar-refractivity contribution is 0.0605. The van der Waals surface area contributed by atoms with E-state index < -0.39 is 5.97 Å². The summed E-state index contributed by atoms with van der Waals surface area (Å²) >= 11 is 1.07. The van der Waals surface area contributed by atoms with Crippen molar-refractivity contribution in [2.75, 3.05) is 12.4 Å². The molecule has 0 saturated carbocycles. The Morgan fingerprint density at radius 3 is 2.89 bits per heavy atom. The number of aromatic amines is 1. The number of nitrogens with zero attached hydrogens (tertiary/aromatic N) is 2. The van der Waals surface area contributed by atoms with E-state index in [0.717, 1.165) is 11.3 Å². The number of ether oxygens (including phenoxy) is 1. The zero-order valence-electron chi connectivity index (χ0n) is 9.68. The number of aromatic nitrogens is 3. The minimum atomic E-state index is -0.464. The van der Waals surface area contributed by atoms with Gasteiger partial charge in [-0.2, -0.15) is 5.10 Å². The number of methoxy groups -OCH3 is 1. The molecule has 7 nitrogen and oxygen atoms in total. The van der Waals surface area contributed by atoms with Crippen LogP contribution < -0.4 is 5.32 Å². The van der Waals surface area contributed by atoms with Gasteiger partial charge in [-0.25, -0.2) is 9.78 Å². The lowest BCUT2D eigenvalue weighted by Crippen LogP contribution is -2.10. The second kappa shape index (κ2) is 4.96. The van der Waals surface area contributed by atoms with Crippen molar-refractivity contribution in [3.05, 3.63) is 28.5 Å². The molecule has 18 heavy (non-hydrogen) atoms. The smallest absolute Gasteiger partial charge is 0.350 e. The van der Waals surface area contributed by atoms with Crippen molar-refractivity contribution in [3.8, 4) is 0 Å². The van der Waals surface area contributed by atoms with Gasteiger partial charge in [0.25, 0.3) is 5.91 Å². The van der Waals surface area contributed by atoms with Gasteiger partial charge in [0.05, 0.1) is 24.6 Å². The number of amides is 1. The Hall–Kier alpha value is -2.22. The van der Waals surface area contributed by atoms with Crippen LogP contribution >= 0.6 is 11.3 Å². The number of rotatable bonds is 3. The summed E-state index contributed by atoms with van der Waals surface area (Å²) in [5, 5.41) is 9.14. The van der Waals surface area contributed by atoms with Crippen molar-refractivity contribution in [2.45, 2.75) is 6.92 Å². The second-order valence-corrected chi connectivity index (χ2v) is 4.37. The third kappa shape index (κ3) is 2.38. The number of anilines is 1. The Morgan fingerprint density at radius 2 is 2.28 bits per heavy atom. The summed E-state index contributed by atoms with van der Waals surface area (Å²) in [5.74, 6) is -0.803. The average Bonchev–Trinajstić information content (AvgIpc) is 2.97. The van der Waals surface area contributed by atoms with Crippen LogP contribution in [0.2, 0.25) is 0 Å². The topological polar surface area (TPSA) is 97.0 Å². The van der Waals surface area contributed by atoms with Crippen LogP contribution in [0, 0.1) is 6.92 Å². The molecular weight excluding hydrogens is 256 g/mol. The third-order valence-electron chi connectivity index (χ3n) is 2.15. The highest BCUT2D eigenvalue weighted by atomic mass is 32.1. The summed E-state index contributed by atoms with van der Waals surface area (Å²) in [6.45, 7) is 1.68. The Kier molecular flexibility index (Phi) is 3.38. The van der Waals surface area contributed by atoms with Crippen LogP contribution in [0.3, 0.4) is 0 Å². The van der Waals surface area contributed by atoms with Crippen LogP contribution in [0.5, 0.6) is 0 Å². The number of H-pyrrole nitrogens is 1. The molecule has 0 saturated heterocycles. The van der Waals surface area contributed by atoms with Crippen LogP contribution in [0.15, 0.2) is 12.4 Å². The van der Waals surface area contributed by atoms with Gasteiger partial charge >= 0.3 is 5.97 Å². The predicted molar refractivity (Wildman–Crippen MR) is 64.7 cm³/mol. The Bertz CT molecular complexity index is 576. The molecule has 2 aromatic rings. The van der Waals surface area contributed by atoms with Crippen molar-refractivity contribution in [3.63, 3.8) is 0 Å². The first-order valence-corrected chi connectivity index (χ1v) is 5.79. The fourth-order valence-electron chi connectivity index (χ4n) is 1.28. The molecule has 0 aliphatic carbocycles. The third-order valence-corrected chi connectivity index (χ3v) is 3.20. The van der Waals surface area contributed by atoms with Crippen molar-refractivity contribution < 1.29 is 14.3 Å². The molecule has 0 spiro atoms. The molecule has 0 aliphatic heterocycles. The quantitative estimate of drug-likeness (QED) is 0.814. The minimum Gasteiger partial charge on any atom is -0.465 e. The highest BCUT2D eigenvalue weighted by Crippen LogP contribution is 2.23. The fraction of sp³-hybridized carbons (Fsp3) is 0.200. The van der Waals surface area contributed by atoms with Gasteiger partial charge in [0, 0.05) is 6.20 Å². The second-order valence-electron chi connectivity index (χ2n) is 3.37. The first-order valence-electron chi connectivity index (χ1n) is 4.97. The van der Waals surface area contributed by atoms with Crippen molar-refractivity contribution >= 4 is 28.3 Å². The molecule has 0 unspecified atom stereocenters. The van der Waals surface area contributed by atoms with Gasteiger partial charge in [0.1, 0.15) is 4.88 Å². The number of thiazole rings is 1. The van der Waals surface area contributed by atoms with Gasteiger partial charge in [-0.05, 0) is 6.92 Å². The molecule has 0 bridgehead atoms. The average molecular weight is 266 g/mol. The molecule has 8 heteroatoms. The van der Waals surface area contributed by atoms with Crippen LogP contribution in [-0.4, -0.2) is 34.2 Å². The van der Waals surface area contributed by atoms with Crippen molar-refractivity contribution in [1.29, 1.82) is 0 Å². The summed E-state index contributed by atoms with van der Waals surface area (Å²) in [6, 6.07) is 0. The zero-order chi connectivity index (χ0) is 13.1. The van der Waals surface area contributed by atoms with Gasteiger partial charge in [-0.15, -0.1) is 0 Å². The summed E-state index contributed by atoms with van der Waals surface area (Å²) in [4.78, 5) is 27.6. The summed E-state index contributed by atoms with van der Waals surface area (Å²) in [6.07, 6.45) is 2.87. The molecule has 2 aromatic heterocycles. The van der Waals surface area contributed by atoms with E-state index in [1.165, 1.54) is 19.5 Å². The first-order chi connectivity index (χ1) is 8.61. The monoisotopic (exact) mass is 266 g/mol. The SMILES string of the molecule is COC(=O)c1sc(NC(=O)c2cn[nH]c2)nc1C. The van der Waals surface area contributed by atoms with Crippen molar-refractivity contribution in [1.82, 2.24) is 15.2 Å². The maximum atomic E-state index is 11.7. The molecule has 94 valence electrons. The molecule has 0 atom stereocenters. The largest absolute Gasteiger partial charge is 0.465 e. The zero-order valence-corrected chi connectivity index (χ0v) is 10.5. The van der Waals surface area contributed by atoms with Crippen molar-refractivity contribution in [2.24, 2.45) is 0 Å². The van der Waals surface area contributed by atoms with Crippen LogP contribution in [0.25, 0.3) is 0 Å². The van der Waals surface area contributed by atoms with Gasteiger partial charge in [-0.3, -0.25) is 15.2 Å². The Balaban J connectivity index is 2.16. The fourth-order valence-corrected chi connectivity index (χ4v) is 2.16. The van der Waals surface area contributed by atoms with Gasteiger partial charge in [-0.1, -0.05) is 11.3 Å². The first kappa shape index (κ1) is 12.2. The minimum absolute atomic E-state index is 0.339. The van der Waals surface area contributed by atoms with Crippen LogP contribution in [0.1, 0.15) is 25.7 Å². The van der Waals surface area contributed by atoms with Crippen LogP contribution in [-0.2, 0) is 4.74 Å². The summed E-state index contributed by atoms with van der Waals surface area (Å²) in [7, 11) is 1.30. The van der Waals surface area contributed by atoms with E-state index in [0.29, 0.717) is 21.3 Å². The summed E-state index contributed by atoms with van der Waals surface area (Å²) in [5.41, 5.74) is 0.914. The standard InChI is InChI=1S/C10H10N4O3S/c1-5-7(9(16)17-2)18-10(13-5)14-8(15)6-3-11-12-4-6/h3-4H,1-2H3,(H,11,12)(H,13,14,15). The van der Waals surface area contributed by atoms with E-state index in [2.05, 4.69) is 25.2 Å². The molecule has 1 amide bonds. The normalized spacial score (nSPS) is 10.1. The number of aryl methyl sites for hydroxylation is 1. The van der Waals surface area contributed by atoms with E-state index in [-0.39, 0.29) is 5.91 Å². The lowest BCUT2D eigenvalue weighted by atomic mass is 10.3. The molecule has 0 aliphatic rings. The van der Waals surface area contributed by atoms with E-state index in [9.17, 15) is 9.59 Å². The van der Waals surface area contributed by atoms with Gasteiger partial charge in [0.15, 0.2) is 5.13 Å². The highest BCUT2D eigenvalue weighted by molar-refractivity contribution is 7.17. The summed E-state index contributed by atoms with van der Waals surface area (Å²) < 4.78 is 4.61. The molecule has 2 rings (SSSR count). The maximum Gasteiger partial charge on any atom is 0.350 e. The Labute approximate surface area is 106 Å². The maximum absolute atomic E-state index is 11.7. The van der Waals surface area contributed by atoms with Gasteiger partial charge < -0.3 is 4.74 Å². The molecule has 0 aromatic carbocycles. The van der Waals surface area contributed by atoms with E-state index in [1.54, 1.807) is 6.92 Å². The van der Waals surface area contributed by atoms with Crippen LogP contribution in [0.4, 0.5) is 5.13 Å². The molecule has 0 fully saturated rings. The lowest BCUT2D eigenvalue weighted by Gasteiger charge is -1.96. The van der Waals surface area contributed by atoms with E-state index in [1.807, 2.05) is 0 Å². The number of nitrogens with one attached hydrogen (secondary N) is 2. The Morgan fingerprint density at radius 1 is 1.50 bits per heavy atom. The van der Waals surface area contributed by atoms with E-state index in [4.69, 9.17) is 0 Å². The number of hydrogen-bond acceptors (Lipinski definition) is 6. The molecule has 0 radical (unpaired) electrons. The molecule has 2 N–H and O–H groups in total. The predicted octanol–water partition coefficient (Wildman–Crippen LogP) is 1.21. The number of carbonyl (C=O) groups excluding carboxylic acids is 2. The molecular formula is C10H10N4O3S. The molecule has 2 heterocycles. The van der Waals surface area contributed by atoms with Gasteiger partial charge in [0.2, 0.25) is 0 Å². The number of hydrogen-bond donors (Lipinski definition) is 2. The number of esters is 1. The van der Waals surface area contributed by atoms with E-state index >= 15 is 0 Å². The number of carbonyl (C=O) groups is 2.